The molecule has 1 aromatic heterocycles. The maximum Gasteiger partial charge on any atom is 0.276 e. The first-order valence-electron chi connectivity index (χ1n) is 6.64. The van der Waals surface area contributed by atoms with Gasteiger partial charge in [0.05, 0.1) is 26.0 Å². The number of carbonyl (C=O) groups is 1. The third kappa shape index (κ3) is 2.85. The van der Waals surface area contributed by atoms with E-state index in [-0.39, 0.29) is 5.91 Å². The molecule has 1 amide bonds. The van der Waals surface area contributed by atoms with Gasteiger partial charge in [-0.25, -0.2) is 4.68 Å². The Hall–Kier alpha value is -2.21. The third-order valence-electron chi connectivity index (χ3n) is 3.24. The molecular formula is C14H16N4O2. The van der Waals surface area contributed by atoms with E-state index in [1.807, 2.05) is 30.3 Å². The average molecular weight is 272 g/mol. The normalized spacial score (nSPS) is 15.3. The van der Waals surface area contributed by atoms with Gasteiger partial charge >= 0.3 is 0 Å². The summed E-state index contributed by atoms with van der Waals surface area (Å²) in [7, 11) is 0. The number of benzene rings is 1. The van der Waals surface area contributed by atoms with E-state index in [0.29, 0.717) is 38.5 Å². The lowest BCUT2D eigenvalue weighted by Gasteiger charge is -2.25. The molecule has 0 atom stereocenters. The Morgan fingerprint density at radius 3 is 2.70 bits per heavy atom. The van der Waals surface area contributed by atoms with Crippen molar-refractivity contribution in [2.45, 2.75) is 6.54 Å². The second kappa shape index (κ2) is 5.83. The number of ether oxygens (including phenoxy) is 1. The summed E-state index contributed by atoms with van der Waals surface area (Å²) in [6.07, 6.45) is 1.70. The highest BCUT2D eigenvalue weighted by atomic mass is 16.5. The molecule has 0 unspecified atom stereocenters. The van der Waals surface area contributed by atoms with Gasteiger partial charge in [0.25, 0.3) is 5.91 Å². The molecule has 6 nitrogen and oxygen atoms in total. The predicted octanol–water partition coefficient (Wildman–Crippen LogP) is 0.799. The molecule has 0 bridgehead atoms. The summed E-state index contributed by atoms with van der Waals surface area (Å²) in [5.74, 6) is -0.0763. The molecule has 1 aliphatic rings. The van der Waals surface area contributed by atoms with Crippen molar-refractivity contribution in [3.63, 3.8) is 0 Å². The minimum Gasteiger partial charge on any atom is -0.378 e. The highest BCUT2D eigenvalue weighted by molar-refractivity contribution is 5.91. The number of hydrogen-bond donors (Lipinski definition) is 0. The Morgan fingerprint density at radius 1 is 1.20 bits per heavy atom. The van der Waals surface area contributed by atoms with E-state index in [0.717, 1.165) is 5.56 Å². The Balaban J connectivity index is 1.68. The SMILES string of the molecule is O=C(c1cn(Cc2ccccc2)nn1)N1CCOCC1. The van der Waals surface area contributed by atoms with Crippen molar-refractivity contribution in [1.29, 1.82) is 0 Å². The summed E-state index contributed by atoms with van der Waals surface area (Å²) >= 11 is 0. The molecule has 0 N–H and O–H groups in total. The van der Waals surface area contributed by atoms with Crippen LogP contribution in [0.4, 0.5) is 0 Å². The molecule has 1 saturated heterocycles. The summed E-state index contributed by atoms with van der Waals surface area (Å²) in [5.41, 5.74) is 1.52. The lowest BCUT2D eigenvalue weighted by Crippen LogP contribution is -2.40. The van der Waals surface area contributed by atoms with Crippen molar-refractivity contribution in [2.75, 3.05) is 26.3 Å². The zero-order valence-corrected chi connectivity index (χ0v) is 11.1. The van der Waals surface area contributed by atoms with Gasteiger partial charge in [-0.3, -0.25) is 4.79 Å². The maximum absolute atomic E-state index is 12.2. The monoisotopic (exact) mass is 272 g/mol. The van der Waals surface area contributed by atoms with Crippen LogP contribution in [0.15, 0.2) is 36.5 Å². The quantitative estimate of drug-likeness (QED) is 0.829. The summed E-state index contributed by atoms with van der Waals surface area (Å²) in [6, 6.07) is 9.96. The van der Waals surface area contributed by atoms with Gasteiger partial charge in [-0.2, -0.15) is 0 Å². The summed E-state index contributed by atoms with van der Waals surface area (Å²) < 4.78 is 6.92. The summed E-state index contributed by atoms with van der Waals surface area (Å²) in [4.78, 5) is 14.0. The van der Waals surface area contributed by atoms with Gasteiger partial charge in [0.2, 0.25) is 0 Å². The lowest BCUT2D eigenvalue weighted by molar-refractivity contribution is 0.0299. The zero-order valence-electron chi connectivity index (χ0n) is 11.1. The molecule has 0 saturated carbocycles. The van der Waals surface area contributed by atoms with Crippen LogP contribution < -0.4 is 0 Å². The number of nitrogens with zero attached hydrogens (tertiary/aromatic N) is 4. The minimum atomic E-state index is -0.0763. The van der Waals surface area contributed by atoms with Crippen LogP contribution in [0.3, 0.4) is 0 Å². The smallest absolute Gasteiger partial charge is 0.276 e. The van der Waals surface area contributed by atoms with Crippen LogP contribution in [0.2, 0.25) is 0 Å². The van der Waals surface area contributed by atoms with Crippen molar-refractivity contribution >= 4 is 5.91 Å². The van der Waals surface area contributed by atoms with Crippen LogP contribution in [0, 0.1) is 0 Å². The molecule has 6 heteroatoms. The Labute approximate surface area is 117 Å². The average Bonchev–Trinajstić information content (AvgIpc) is 2.97. The number of amides is 1. The molecule has 2 aromatic rings. The molecule has 2 heterocycles. The van der Waals surface area contributed by atoms with Crippen molar-refractivity contribution in [3.8, 4) is 0 Å². The van der Waals surface area contributed by atoms with Crippen molar-refractivity contribution in [2.24, 2.45) is 0 Å². The van der Waals surface area contributed by atoms with Crippen molar-refractivity contribution in [3.05, 3.63) is 47.8 Å². The fraction of sp³-hybridized carbons (Fsp3) is 0.357. The second-order valence-electron chi connectivity index (χ2n) is 4.69. The number of hydrogen-bond acceptors (Lipinski definition) is 4. The van der Waals surface area contributed by atoms with E-state index >= 15 is 0 Å². The molecule has 20 heavy (non-hydrogen) atoms. The molecule has 0 aliphatic carbocycles. The largest absolute Gasteiger partial charge is 0.378 e. The number of morpholine rings is 1. The fourth-order valence-corrected chi connectivity index (χ4v) is 2.17. The Bertz CT molecular complexity index is 576. The second-order valence-corrected chi connectivity index (χ2v) is 4.69. The molecule has 1 aromatic carbocycles. The maximum atomic E-state index is 12.2. The van der Waals surface area contributed by atoms with E-state index in [9.17, 15) is 4.79 Å². The first-order chi connectivity index (χ1) is 9.83. The molecule has 3 rings (SSSR count). The predicted molar refractivity (Wildman–Crippen MR) is 72.3 cm³/mol. The molecular weight excluding hydrogens is 256 g/mol. The van der Waals surface area contributed by atoms with E-state index in [1.54, 1.807) is 15.8 Å². The van der Waals surface area contributed by atoms with Gasteiger partial charge in [0, 0.05) is 13.1 Å². The van der Waals surface area contributed by atoms with Crippen LogP contribution in [-0.2, 0) is 11.3 Å². The Kier molecular flexibility index (Phi) is 3.73. The first-order valence-corrected chi connectivity index (χ1v) is 6.64. The van der Waals surface area contributed by atoms with Crippen LogP contribution >= 0.6 is 0 Å². The van der Waals surface area contributed by atoms with E-state index in [2.05, 4.69) is 10.3 Å². The molecule has 0 spiro atoms. The van der Waals surface area contributed by atoms with Gasteiger partial charge < -0.3 is 9.64 Å². The van der Waals surface area contributed by atoms with Gasteiger partial charge in [0.1, 0.15) is 0 Å². The lowest BCUT2D eigenvalue weighted by atomic mass is 10.2. The Morgan fingerprint density at radius 2 is 1.95 bits per heavy atom. The van der Waals surface area contributed by atoms with Crippen molar-refractivity contribution in [1.82, 2.24) is 19.9 Å². The van der Waals surface area contributed by atoms with Crippen LogP contribution in [0.25, 0.3) is 0 Å². The summed E-state index contributed by atoms with van der Waals surface area (Å²) in [5, 5.41) is 7.98. The molecule has 1 fully saturated rings. The standard InChI is InChI=1S/C14H16N4O2/c19-14(17-6-8-20-9-7-17)13-11-18(16-15-13)10-12-4-2-1-3-5-12/h1-5,11H,6-10H2. The van der Waals surface area contributed by atoms with Gasteiger partial charge in [0.15, 0.2) is 5.69 Å². The molecule has 0 radical (unpaired) electrons. The van der Waals surface area contributed by atoms with Gasteiger partial charge in [-0.1, -0.05) is 35.5 Å². The highest BCUT2D eigenvalue weighted by Crippen LogP contribution is 2.06. The number of carbonyl (C=O) groups excluding carboxylic acids is 1. The number of aromatic nitrogens is 3. The zero-order chi connectivity index (χ0) is 13.8. The number of rotatable bonds is 3. The highest BCUT2D eigenvalue weighted by Gasteiger charge is 2.21. The molecule has 104 valence electrons. The van der Waals surface area contributed by atoms with Gasteiger partial charge in [-0.15, -0.1) is 5.10 Å². The van der Waals surface area contributed by atoms with Crippen LogP contribution in [0.5, 0.6) is 0 Å². The topological polar surface area (TPSA) is 60.2 Å². The third-order valence-corrected chi connectivity index (χ3v) is 3.24. The molecule has 1 aliphatic heterocycles. The minimum absolute atomic E-state index is 0.0763. The first kappa shape index (κ1) is 12.8. The van der Waals surface area contributed by atoms with E-state index < -0.39 is 0 Å². The van der Waals surface area contributed by atoms with Crippen LogP contribution in [-0.4, -0.2) is 52.1 Å². The fourth-order valence-electron chi connectivity index (χ4n) is 2.17. The van der Waals surface area contributed by atoms with E-state index in [1.165, 1.54) is 0 Å². The van der Waals surface area contributed by atoms with Gasteiger partial charge in [-0.05, 0) is 5.56 Å². The van der Waals surface area contributed by atoms with E-state index in [4.69, 9.17) is 4.74 Å². The summed E-state index contributed by atoms with van der Waals surface area (Å²) in [6.45, 7) is 3.02. The van der Waals surface area contributed by atoms with Crippen molar-refractivity contribution < 1.29 is 9.53 Å². The van der Waals surface area contributed by atoms with Crippen LogP contribution in [0.1, 0.15) is 16.1 Å².